The van der Waals surface area contributed by atoms with Gasteiger partial charge >= 0.3 is 0 Å². The summed E-state index contributed by atoms with van der Waals surface area (Å²) in [7, 11) is 3.14. The highest BCUT2D eigenvalue weighted by molar-refractivity contribution is 6.03. The first-order valence-corrected chi connectivity index (χ1v) is 11.0. The molecule has 0 atom stereocenters. The van der Waals surface area contributed by atoms with E-state index in [1.54, 1.807) is 26.4 Å². The zero-order valence-corrected chi connectivity index (χ0v) is 18.9. The van der Waals surface area contributed by atoms with Crippen molar-refractivity contribution >= 4 is 22.9 Å². The van der Waals surface area contributed by atoms with Crippen molar-refractivity contribution in [2.75, 3.05) is 32.2 Å². The number of fused-ring (bicyclic) bond motifs is 2. The molecule has 5 rings (SSSR count). The number of piperidine rings is 1. The van der Waals surface area contributed by atoms with Crippen molar-refractivity contribution < 1.29 is 23.4 Å². The van der Waals surface area contributed by atoms with Gasteiger partial charge in [-0.05, 0) is 23.6 Å². The number of ketones is 1. The van der Waals surface area contributed by atoms with Crippen LogP contribution in [0.4, 0.5) is 6.01 Å². The van der Waals surface area contributed by atoms with E-state index in [2.05, 4.69) is 30.9 Å². The number of carbonyl (C=O) groups excluding carboxylic acids is 1. The quantitative estimate of drug-likeness (QED) is 0.571. The highest BCUT2D eigenvalue weighted by atomic mass is 16.5. The smallest absolute Gasteiger partial charge is 0.298 e. The second kappa shape index (κ2) is 7.73. The Bertz CT molecular complexity index is 1170. The number of anilines is 1. The van der Waals surface area contributed by atoms with E-state index in [0.717, 1.165) is 11.1 Å². The second-order valence-electron chi connectivity index (χ2n) is 8.95. The van der Waals surface area contributed by atoms with E-state index < -0.39 is 5.60 Å². The number of rotatable bonds is 4. The molecule has 0 aliphatic carbocycles. The molecular formula is C25H28N2O5. The normalized spacial score (nSPS) is 17.5. The maximum atomic E-state index is 13.0. The average molecular weight is 437 g/mol. The van der Waals surface area contributed by atoms with Crippen LogP contribution in [-0.2, 0) is 0 Å². The lowest BCUT2D eigenvalue weighted by atomic mass is 9.82. The number of Topliss-reactive ketones (excluding diaryl/α,β-unsaturated/α-hetero) is 1. The van der Waals surface area contributed by atoms with Crippen LogP contribution in [0.25, 0.3) is 11.1 Å². The molecule has 0 saturated carbocycles. The summed E-state index contributed by atoms with van der Waals surface area (Å²) in [5.74, 6) is 2.12. The number of carbonyl (C=O) groups is 1. The van der Waals surface area contributed by atoms with Gasteiger partial charge in [0.15, 0.2) is 11.4 Å². The first kappa shape index (κ1) is 20.7. The SMILES string of the molecule is COc1cc(OC)c2c(c1)OC1(CCN(c3nc4cc(C(C)C)ccc4o3)CC1)CC2=O. The van der Waals surface area contributed by atoms with E-state index >= 15 is 0 Å². The predicted octanol–water partition coefficient (Wildman–Crippen LogP) is 4.97. The molecule has 7 heteroatoms. The van der Waals surface area contributed by atoms with E-state index in [1.165, 1.54) is 5.56 Å². The van der Waals surface area contributed by atoms with Gasteiger partial charge in [-0.3, -0.25) is 4.79 Å². The van der Waals surface area contributed by atoms with Crippen LogP contribution in [0, 0.1) is 0 Å². The third-order valence-electron chi connectivity index (χ3n) is 6.60. The molecule has 3 heterocycles. The van der Waals surface area contributed by atoms with Gasteiger partial charge in [-0.1, -0.05) is 19.9 Å². The number of nitrogens with zero attached hydrogens (tertiary/aromatic N) is 2. The Labute approximate surface area is 187 Å². The second-order valence-corrected chi connectivity index (χ2v) is 8.95. The van der Waals surface area contributed by atoms with Gasteiger partial charge in [0.1, 0.15) is 33.9 Å². The lowest BCUT2D eigenvalue weighted by Gasteiger charge is -2.43. The van der Waals surface area contributed by atoms with Crippen molar-refractivity contribution in [3.63, 3.8) is 0 Å². The fourth-order valence-corrected chi connectivity index (χ4v) is 4.66. The van der Waals surface area contributed by atoms with Crippen molar-refractivity contribution in [2.24, 2.45) is 0 Å². The molecule has 3 aromatic rings. The molecule has 1 aromatic heterocycles. The standard InChI is InChI=1S/C25H28N2O5/c1-15(2)16-5-6-20-18(11-16)26-24(31-20)27-9-7-25(8-10-27)14-19(28)23-21(30-4)12-17(29-3)13-22(23)32-25/h5-6,11-13,15H,7-10,14H2,1-4H3. The summed E-state index contributed by atoms with van der Waals surface area (Å²) in [6, 6.07) is 10.3. The molecule has 0 N–H and O–H groups in total. The molecule has 1 saturated heterocycles. The molecule has 168 valence electrons. The molecule has 0 amide bonds. The van der Waals surface area contributed by atoms with Crippen LogP contribution in [0.15, 0.2) is 34.7 Å². The summed E-state index contributed by atoms with van der Waals surface area (Å²) in [4.78, 5) is 19.9. The zero-order chi connectivity index (χ0) is 22.5. The average Bonchev–Trinajstić information content (AvgIpc) is 3.21. The van der Waals surface area contributed by atoms with E-state index in [0.29, 0.717) is 67.1 Å². The third-order valence-corrected chi connectivity index (χ3v) is 6.60. The summed E-state index contributed by atoms with van der Waals surface area (Å²) >= 11 is 0. The molecule has 32 heavy (non-hydrogen) atoms. The van der Waals surface area contributed by atoms with Gasteiger partial charge in [-0.25, -0.2) is 0 Å². The van der Waals surface area contributed by atoms with Crippen LogP contribution >= 0.6 is 0 Å². The van der Waals surface area contributed by atoms with Gasteiger partial charge in [0.2, 0.25) is 0 Å². The van der Waals surface area contributed by atoms with Gasteiger partial charge in [0.05, 0.1) is 20.6 Å². The Balaban J connectivity index is 1.36. The van der Waals surface area contributed by atoms with Crippen LogP contribution in [0.2, 0.25) is 0 Å². The van der Waals surface area contributed by atoms with E-state index in [4.69, 9.17) is 23.6 Å². The van der Waals surface area contributed by atoms with E-state index in [-0.39, 0.29) is 5.78 Å². The summed E-state index contributed by atoms with van der Waals surface area (Å²) < 4.78 is 23.3. The Kier molecular flexibility index (Phi) is 4.99. The summed E-state index contributed by atoms with van der Waals surface area (Å²) in [5.41, 5.74) is 2.88. The maximum Gasteiger partial charge on any atom is 0.298 e. The maximum absolute atomic E-state index is 13.0. The Morgan fingerprint density at radius 1 is 1.09 bits per heavy atom. The molecular weight excluding hydrogens is 408 g/mol. The molecule has 0 unspecified atom stereocenters. The van der Waals surface area contributed by atoms with Crippen molar-refractivity contribution in [3.8, 4) is 17.2 Å². The lowest BCUT2D eigenvalue weighted by Crippen LogP contribution is -2.51. The molecule has 1 spiro atoms. The van der Waals surface area contributed by atoms with Crippen LogP contribution in [0.3, 0.4) is 0 Å². The number of hydrogen-bond donors (Lipinski definition) is 0. The first-order valence-electron chi connectivity index (χ1n) is 11.0. The molecule has 0 radical (unpaired) electrons. The largest absolute Gasteiger partial charge is 0.496 e. The molecule has 2 aliphatic heterocycles. The topological polar surface area (TPSA) is 74.0 Å². The summed E-state index contributed by atoms with van der Waals surface area (Å²) in [6.45, 7) is 5.74. The van der Waals surface area contributed by atoms with Crippen molar-refractivity contribution in [3.05, 3.63) is 41.5 Å². The van der Waals surface area contributed by atoms with E-state index in [1.807, 2.05) is 6.07 Å². The number of hydrogen-bond acceptors (Lipinski definition) is 7. The van der Waals surface area contributed by atoms with Crippen molar-refractivity contribution in [1.82, 2.24) is 4.98 Å². The summed E-state index contributed by atoms with van der Waals surface area (Å²) in [6.07, 6.45) is 1.74. The van der Waals surface area contributed by atoms with Gasteiger partial charge in [0, 0.05) is 38.1 Å². The number of ether oxygens (including phenoxy) is 3. The molecule has 2 aromatic carbocycles. The minimum Gasteiger partial charge on any atom is -0.496 e. The minimum atomic E-state index is -0.533. The monoisotopic (exact) mass is 436 g/mol. The lowest BCUT2D eigenvalue weighted by molar-refractivity contribution is 0.0220. The number of benzene rings is 2. The Hall–Kier alpha value is -3.22. The third kappa shape index (κ3) is 3.45. The Morgan fingerprint density at radius 2 is 1.88 bits per heavy atom. The van der Waals surface area contributed by atoms with Crippen LogP contribution in [-0.4, -0.2) is 43.7 Å². The van der Waals surface area contributed by atoms with Gasteiger partial charge in [-0.15, -0.1) is 0 Å². The van der Waals surface area contributed by atoms with Crippen LogP contribution in [0.5, 0.6) is 17.2 Å². The fraction of sp³-hybridized carbons (Fsp3) is 0.440. The predicted molar refractivity (Wildman–Crippen MR) is 121 cm³/mol. The van der Waals surface area contributed by atoms with Crippen LogP contribution < -0.4 is 19.1 Å². The minimum absolute atomic E-state index is 0.0438. The molecule has 7 nitrogen and oxygen atoms in total. The highest BCUT2D eigenvalue weighted by Gasteiger charge is 2.44. The highest BCUT2D eigenvalue weighted by Crippen LogP contribution is 2.45. The fourth-order valence-electron chi connectivity index (χ4n) is 4.66. The molecule has 0 bridgehead atoms. The first-order chi connectivity index (χ1) is 15.4. The number of methoxy groups -OCH3 is 2. The number of oxazole rings is 1. The summed E-state index contributed by atoms with van der Waals surface area (Å²) in [5, 5.41) is 0. The van der Waals surface area contributed by atoms with Gasteiger partial charge < -0.3 is 23.5 Å². The van der Waals surface area contributed by atoms with Crippen LogP contribution in [0.1, 0.15) is 54.9 Å². The van der Waals surface area contributed by atoms with Crippen molar-refractivity contribution in [1.29, 1.82) is 0 Å². The zero-order valence-electron chi connectivity index (χ0n) is 18.9. The van der Waals surface area contributed by atoms with Gasteiger partial charge in [-0.2, -0.15) is 4.98 Å². The molecule has 1 fully saturated rings. The Morgan fingerprint density at radius 3 is 2.56 bits per heavy atom. The van der Waals surface area contributed by atoms with Gasteiger partial charge in [0.25, 0.3) is 6.01 Å². The molecule has 2 aliphatic rings. The number of aromatic nitrogens is 1. The van der Waals surface area contributed by atoms with Crippen molar-refractivity contribution in [2.45, 2.75) is 44.6 Å². The van der Waals surface area contributed by atoms with E-state index in [9.17, 15) is 4.79 Å².